The molecule has 0 spiro atoms. The van der Waals surface area contributed by atoms with Crippen molar-refractivity contribution in [1.29, 1.82) is 0 Å². The monoisotopic (exact) mass is 234 g/mol. The van der Waals surface area contributed by atoms with Gasteiger partial charge in [-0.25, -0.2) is 8.78 Å². The quantitative estimate of drug-likeness (QED) is 0.780. The summed E-state index contributed by atoms with van der Waals surface area (Å²) >= 11 is 0. The number of aromatic nitrogens is 1. The van der Waals surface area contributed by atoms with Crippen LogP contribution >= 0.6 is 0 Å². The van der Waals surface area contributed by atoms with E-state index in [1.165, 1.54) is 6.07 Å². The second-order valence-electron chi connectivity index (χ2n) is 4.18. The smallest absolute Gasteiger partial charge is 0.182 e. The van der Waals surface area contributed by atoms with Crippen LogP contribution in [0.5, 0.6) is 0 Å². The summed E-state index contributed by atoms with van der Waals surface area (Å²) in [7, 11) is 0. The average molecular weight is 234 g/mol. The molecule has 0 aliphatic carbocycles. The zero-order valence-electron chi connectivity index (χ0n) is 9.19. The van der Waals surface area contributed by atoms with Crippen LogP contribution in [0, 0.1) is 11.6 Å². The van der Waals surface area contributed by atoms with E-state index in [1.54, 1.807) is 12.3 Å². The Morgan fingerprint density at radius 2 is 2.06 bits per heavy atom. The molecule has 2 nitrogen and oxygen atoms in total. The SMILES string of the molecule is Fc1ccc2c(C3=CCCNC3)c[nH]c2c1F. The van der Waals surface area contributed by atoms with Gasteiger partial charge in [0.25, 0.3) is 0 Å². The lowest BCUT2D eigenvalue weighted by Gasteiger charge is -2.13. The highest BCUT2D eigenvalue weighted by molar-refractivity contribution is 5.93. The fourth-order valence-electron chi connectivity index (χ4n) is 2.25. The molecule has 1 aliphatic rings. The first-order valence-corrected chi connectivity index (χ1v) is 5.62. The fraction of sp³-hybridized carbons (Fsp3) is 0.231. The minimum absolute atomic E-state index is 0.242. The second kappa shape index (κ2) is 3.96. The predicted molar refractivity (Wildman–Crippen MR) is 63.7 cm³/mol. The second-order valence-corrected chi connectivity index (χ2v) is 4.18. The van der Waals surface area contributed by atoms with Gasteiger partial charge in [-0.15, -0.1) is 0 Å². The largest absolute Gasteiger partial charge is 0.358 e. The number of benzene rings is 1. The van der Waals surface area contributed by atoms with Gasteiger partial charge in [-0.05, 0) is 30.7 Å². The summed E-state index contributed by atoms with van der Waals surface area (Å²) in [4.78, 5) is 2.81. The third-order valence-corrected chi connectivity index (χ3v) is 3.12. The molecular weight excluding hydrogens is 222 g/mol. The first kappa shape index (κ1) is 10.5. The van der Waals surface area contributed by atoms with Crippen LogP contribution in [0.25, 0.3) is 16.5 Å². The number of fused-ring (bicyclic) bond motifs is 1. The lowest BCUT2D eigenvalue weighted by Crippen LogP contribution is -2.21. The molecule has 2 aromatic rings. The van der Waals surface area contributed by atoms with Crippen LogP contribution in [0.3, 0.4) is 0 Å². The van der Waals surface area contributed by atoms with E-state index in [4.69, 9.17) is 0 Å². The van der Waals surface area contributed by atoms with E-state index in [0.717, 1.165) is 36.0 Å². The maximum absolute atomic E-state index is 13.5. The molecule has 0 radical (unpaired) electrons. The summed E-state index contributed by atoms with van der Waals surface area (Å²) in [5.41, 5.74) is 2.33. The first-order valence-electron chi connectivity index (χ1n) is 5.62. The van der Waals surface area contributed by atoms with E-state index < -0.39 is 11.6 Å². The maximum atomic E-state index is 13.5. The average Bonchev–Trinajstić information content (AvgIpc) is 2.79. The number of hydrogen-bond donors (Lipinski definition) is 2. The molecule has 0 saturated heterocycles. The molecule has 1 aromatic heterocycles. The zero-order chi connectivity index (χ0) is 11.8. The van der Waals surface area contributed by atoms with Gasteiger partial charge in [0.05, 0.1) is 5.52 Å². The Morgan fingerprint density at radius 1 is 1.18 bits per heavy atom. The number of halogens is 2. The molecule has 3 rings (SSSR count). The zero-order valence-corrected chi connectivity index (χ0v) is 9.19. The summed E-state index contributed by atoms with van der Waals surface area (Å²) in [5, 5.41) is 4.00. The lowest BCUT2D eigenvalue weighted by atomic mass is 10.0. The van der Waals surface area contributed by atoms with Gasteiger partial charge in [0.15, 0.2) is 11.6 Å². The van der Waals surface area contributed by atoms with Crippen LogP contribution in [-0.4, -0.2) is 18.1 Å². The fourth-order valence-corrected chi connectivity index (χ4v) is 2.25. The van der Waals surface area contributed by atoms with Gasteiger partial charge < -0.3 is 10.3 Å². The minimum atomic E-state index is -0.818. The summed E-state index contributed by atoms with van der Waals surface area (Å²) < 4.78 is 26.6. The van der Waals surface area contributed by atoms with Crippen molar-refractivity contribution >= 4 is 16.5 Å². The molecular formula is C13H12F2N2. The molecule has 0 fully saturated rings. The molecule has 2 N–H and O–H groups in total. The highest BCUT2D eigenvalue weighted by Crippen LogP contribution is 2.28. The van der Waals surface area contributed by atoms with Gasteiger partial charge in [-0.2, -0.15) is 0 Å². The Morgan fingerprint density at radius 3 is 2.82 bits per heavy atom. The first-order chi connectivity index (χ1) is 8.27. The van der Waals surface area contributed by atoms with Crippen LogP contribution < -0.4 is 5.32 Å². The molecule has 17 heavy (non-hydrogen) atoms. The van der Waals surface area contributed by atoms with Crippen LogP contribution in [-0.2, 0) is 0 Å². The van der Waals surface area contributed by atoms with Gasteiger partial charge in [-0.1, -0.05) is 6.08 Å². The molecule has 0 bridgehead atoms. The van der Waals surface area contributed by atoms with E-state index in [9.17, 15) is 8.78 Å². The summed E-state index contributed by atoms with van der Waals surface area (Å²) in [5.74, 6) is -1.63. The van der Waals surface area contributed by atoms with Gasteiger partial charge >= 0.3 is 0 Å². The summed E-state index contributed by atoms with van der Waals surface area (Å²) in [6.45, 7) is 1.74. The topological polar surface area (TPSA) is 27.8 Å². The van der Waals surface area contributed by atoms with Crippen molar-refractivity contribution in [1.82, 2.24) is 10.3 Å². The molecule has 1 aliphatic heterocycles. The van der Waals surface area contributed by atoms with Crippen molar-refractivity contribution in [2.75, 3.05) is 13.1 Å². The van der Waals surface area contributed by atoms with E-state index in [1.807, 2.05) is 0 Å². The number of rotatable bonds is 1. The van der Waals surface area contributed by atoms with Crippen LogP contribution in [0.15, 0.2) is 24.4 Å². The van der Waals surface area contributed by atoms with Gasteiger partial charge in [0.1, 0.15) is 0 Å². The van der Waals surface area contributed by atoms with Crippen molar-refractivity contribution in [2.24, 2.45) is 0 Å². The predicted octanol–water partition coefficient (Wildman–Crippen LogP) is 2.82. The van der Waals surface area contributed by atoms with Gasteiger partial charge in [0.2, 0.25) is 0 Å². The van der Waals surface area contributed by atoms with Crippen molar-refractivity contribution in [2.45, 2.75) is 6.42 Å². The normalized spacial score (nSPS) is 16.2. The highest BCUT2D eigenvalue weighted by Gasteiger charge is 2.15. The lowest BCUT2D eigenvalue weighted by molar-refractivity contribution is 0.515. The molecule has 4 heteroatoms. The van der Waals surface area contributed by atoms with Gasteiger partial charge in [-0.3, -0.25) is 0 Å². The van der Waals surface area contributed by atoms with E-state index in [-0.39, 0.29) is 5.52 Å². The summed E-state index contributed by atoms with van der Waals surface area (Å²) in [6.07, 6.45) is 4.85. The van der Waals surface area contributed by atoms with Gasteiger partial charge in [0, 0.05) is 23.7 Å². The standard InChI is InChI=1S/C13H12F2N2/c14-11-4-3-9-10(7-17-13(9)12(11)15)8-2-1-5-16-6-8/h2-4,7,16-17H,1,5-6H2. The number of nitrogens with one attached hydrogen (secondary N) is 2. The minimum Gasteiger partial charge on any atom is -0.358 e. The Bertz CT molecular complexity index is 599. The Kier molecular flexibility index (Phi) is 2.44. The highest BCUT2D eigenvalue weighted by atomic mass is 19.2. The molecule has 1 aromatic carbocycles. The molecule has 0 atom stereocenters. The van der Waals surface area contributed by atoms with Crippen molar-refractivity contribution in [3.8, 4) is 0 Å². The van der Waals surface area contributed by atoms with Crippen LogP contribution in [0.2, 0.25) is 0 Å². The summed E-state index contributed by atoms with van der Waals surface area (Å²) in [6, 6.07) is 2.79. The van der Waals surface area contributed by atoms with Crippen molar-refractivity contribution in [3.63, 3.8) is 0 Å². The van der Waals surface area contributed by atoms with E-state index >= 15 is 0 Å². The third-order valence-electron chi connectivity index (χ3n) is 3.12. The van der Waals surface area contributed by atoms with Crippen LogP contribution in [0.4, 0.5) is 8.78 Å². The van der Waals surface area contributed by atoms with E-state index in [2.05, 4.69) is 16.4 Å². The number of hydrogen-bond acceptors (Lipinski definition) is 1. The molecule has 88 valence electrons. The number of H-pyrrole nitrogens is 1. The van der Waals surface area contributed by atoms with Crippen LogP contribution in [0.1, 0.15) is 12.0 Å². The Balaban J connectivity index is 2.18. The maximum Gasteiger partial charge on any atom is 0.182 e. The molecule has 0 amide bonds. The number of aromatic amines is 1. The van der Waals surface area contributed by atoms with E-state index in [0.29, 0.717) is 0 Å². The molecule has 0 unspecified atom stereocenters. The molecule has 0 saturated carbocycles. The Hall–Kier alpha value is -1.68. The third kappa shape index (κ3) is 1.65. The van der Waals surface area contributed by atoms with Crippen molar-refractivity contribution in [3.05, 3.63) is 41.6 Å². The Labute approximate surface area is 97.3 Å². The van der Waals surface area contributed by atoms with Crippen molar-refractivity contribution < 1.29 is 8.78 Å². The molecule has 2 heterocycles.